The number of sulfonamides is 1. The van der Waals surface area contributed by atoms with Gasteiger partial charge in [0.2, 0.25) is 0 Å². The van der Waals surface area contributed by atoms with Crippen molar-refractivity contribution in [2.45, 2.75) is 11.8 Å². The summed E-state index contributed by atoms with van der Waals surface area (Å²) in [4.78, 5) is 15.8. The predicted octanol–water partition coefficient (Wildman–Crippen LogP) is 2.98. The van der Waals surface area contributed by atoms with Gasteiger partial charge in [0.1, 0.15) is 0 Å². The zero-order valence-electron chi connectivity index (χ0n) is 12.8. The van der Waals surface area contributed by atoms with E-state index in [1.165, 1.54) is 47.3 Å². The Kier molecular flexibility index (Phi) is 4.59. The Balaban J connectivity index is 1.86. The molecular formula is C15H12Cl2N4O3S. The summed E-state index contributed by atoms with van der Waals surface area (Å²) in [6, 6.07) is 8.46. The topological polar surface area (TPSA) is 96.8 Å². The Morgan fingerprint density at radius 1 is 1.12 bits per heavy atom. The first-order valence-corrected chi connectivity index (χ1v) is 9.23. The van der Waals surface area contributed by atoms with Crippen LogP contribution in [0, 0.1) is 6.92 Å². The summed E-state index contributed by atoms with van der Waals surface area (Å²) >= 11 is 11.6. The highest BCUT2D eigenvalue weighted by Crippen LogP contribution is 2.26. The molecule has 2 aromatic heterocycles. The average molecular weight is 399 g/mol. The number of rotatable bonds is 4. The summed E-state index contributed by atoms with van der Waals surface area (Å²) < 4.78 is 28.4. The molecule has 0 bridgehead atoms. The van der Waals surface area contributed by atoms with Gasteiger partial charge < -0.3 is 0 Å². The van der Waals surface area contributed by atoms with Crippen molar-refractivity contribution in [3.05, 3.63) is 68.7 Å². The second-order valence-corrected chi connectivity index (χ2v) is 7.70. The van der Waals surface area contributed by atoms with Crippen LogP contribution < -0.4 is 10.3 Å². The lowest BCUT2D eigenvalue weighted by Crippen LogP contribution is -2.16. The van der Waals surface area contributed by atoms with Gasteiger partial charge in [-0.3, -0.25) is 14.6 Å². The summed E-state index contributed by atoms with van der Waals surface area (Å²) in [5.41, 5.74) is 0.677. The van der Waals surface area contributed by atoms with Crippen LogP contribution in [-0.2, 0) is 10.0 Å². The molecule has 0 aliphatic rings. The smallest absolute Gasteiger partial charge is 0.272 e. The molecule has 0 fully saturated rings. The maximum Gasteiger partial charge on any atom is 0.272 e. The number of aromatic amines is 1. The number of pyridine rings is 1. The van der Waals surface area contributed by atoms with Crippen molar-refractivity contribution in [3.8, 4) is 5.82 Å². The number of H-pyrrole nitrogens is 1. The van der Waals surface area contributed by atoms with Crippen LogP contribution in [0.2, 0.25) is 10.0 Å². The Hall–Kier alpha value is -2.29. The van der Waals surface area contributed by atoms with Crippen LogP contribution in [0.4, 0.5) is 5.69 Å². The number of aryl methyl sites for hydroxylation is 1. The summed E-state index contributed by atoms with van der Waals surface area (Å²) in [7, 11) is -3.84. The van der Waals surface area contributed by atoms with Gasteiger partial charge in [-0.15, -0.1) is 0 Å². The second-order valence-electron chi connectivity index (χ2n) is 5.20. The largest absolute Gasteiger partial charge is 0.294 e. The highest BCUT2D eigenvalue weighted by atomic mass is 35.5. The van der Waals surface area contributed by atoms with E-state index >= 15 is 0 Å². The molecule has 0 aliphatic carbocycles. The molecule has 0 unspecified atom stereocenters. The van der Waals surface area contributed by atoms with Gasteiger partial charge in [-0.1, -0.05) is 23.2 Å². The van der Waals surface area contributed by atoms with Crippen LogP contribution in [0.3, 0.4) is 0 Å². The molecule has 130 valence electrons. The molecule has 2 heterocycles. The van der Waals surface area contributed by atoms with Gasteiger partial charge in [0, 0.05) is 11.8 Å². The fourth-order valence-corrected chi connectivity index (χ4v) is 3.55. The SMILES string of the molecule is Cc1cc(=O)n(-c2ccc(NS(=O)(=O)c3ccc(Cl)c(Cl)c3)cn2)[nH]1. The second kappa shape index (κ2) is 6.55. The third-order valence-corrected chi connectivity index (χ3v) is 5.40. The predicted molar refractivity (Wildman–Crippen MR) is 96.2 cm³/mol. The molecule has 0 atom stereocenters. The monoisotopic (exact) mass is 398 g/mol. The van der Waals surface area contributed by atoms with E-state index < -0.39 is 10.0 Å². The van der Waals surface area contributed by atoms with Crippen LogP contribution in [0.5, 0.6) is 0 Å². The van der Waals surface area contributed by atoms with Gasteiger partial charge in [0.05, 0.1) is 26.8 Å². The van der Waals surface area contributed by atoms with Crippen LogP contribution >= 0.6 is 23.2 Å². The van der Waals surface area contributed by atoms with Gasteiger partial charge in [-0.25, -0.2) is 18.1 Å². The minimum Gasteiger partial charge on any atom is -0.294 e. The Morgan fingerprint density at radius 3 is 2.44 bits per heavy atom. The summed E-state index contributed by atoms with van der Waals surface area (Å²) in [6.07, 6.45) is 1.31. The van der Waals surface area contributed by atoms with E-state index in [1.54, 1.807) is 6.92 Å². The molecule has 3 aromatic rings. The maximum atomic E-state index is 12.4. The molecule has 0 saturated carbocycles. The quantitative estimate of drug-likeness (QED) is 0.705. The molecule has 1 aromatic carbocycles. The summed E-state index contributed by atoms with van der Waals surface area (Å²) in [5, 5.41) is 3.24. The molecule has 10 heteroatoms. The number of benzene rings is 1. The lowest BCUT2D eigenvalue weighted by atomic mass is 10.4. The number of nitrogens with one attached hydrogen (secondary N) is 2. The van der Waals surface area contributed by atoms with Gasteiger partial charge in [-0.2, -0.15) is 0 Å². The maximum absolute atomic E-state index is 12.4. The van der Waals surface area contributed by atoms with Gasteiger partial charge in [-0.05, 0) is 37.3 Å². The van der Waals surface area contributed by atoms with Gasteiger partial charge >= 0.3 is 0 Å². The lowest BCUT2D eigenvalue weighted by Gasteiger charge is -2.09. The van der Waals surface area contributed by atoms with Gasteiger partial charge in [0.15, 0.2) is 5.82 Å². The zero-order valence-corrected chi connectivity index (χ0v) is 15.2. The number of aromatic nitrogens is 3. The molecule has 3 rings (SSSR count). The standard InChI is InChI=1S/C15H12Cl2N4O3S/c1-9-6-15(22)21(19-9)14-5-2-10(8-18-14)20-25(23,24)11-3-4-12(16)13(17)7-11/h2-8,19-20H,1H3. The van der Waals surface area contributed by atoms with E-state index in [0.29, 0.717) is 11.5 Å². The van der Waals surface area contributed by atoms with Crippen molar-refractivity contribution in [2.24, 2.45) is 0 Å². The molecule has 0 radical (unpaired) electrons. The van der Waals surface area contributed by atoms with E-state index in [2.05, 4.69) is 14.8 Å². The lowest BCUT2D eigenvalue weighted by molar-refractivity contribution is 0.601. The fourth-order valence-electron chi connectivity index (χ4n) is 2.12. The normalized spacial score (nSPS) is 11.5. The molecule has 7 nitrogen and oxygen atoms in total. The molecule has 2 N–H and O–H groups in total. The number of hydrogen-bond acceptors (Lipinski definition) is 4. The van der Waals surface area contributed by atoms with Crippen molar-refractivity contribution >= 4 is 38.9 Å². The highest BCUT2D eigenvalue weighted by molar-refractivity contribution is 7.92. The van der Waals surface area contributed by atoms with E-state index in [4.69, 9.17) is 23.2 Å². The minimum atomic E-state index is -3.84. The Labute approximate surface area is 153 Å². The van der Waals surface area contributed by atoms with E-state index in [1.807, 2.05) is 0 Å². The van der Waals surface area contributed by atoms with Crippen LogP contribution in [0.25, 0.3) is 5.82 Å². The van der Waals surface area contributed by atoms with Crippen molar-refractivity contribution in [1.82, 2.24) is 14.8 Å². The van der Waals surface area contributed by atoms with E-state index in [9.17, 15) is 13.2 Å². The van der Waals surface area contributed by atoms with Crippen LogP contribution in [0.1, 0.15) is 5.69 Å². The van der Waals surface area contributed by atoms with Crippen LogP contribution in [-0.4, -0.2) is 23.2 Å². The molecule has 25 heavy (non-hydrogen) atoms. The van der Waals surface area contributed by atoms with Gasteiger partial charge in [0.25, 0.3) is 15.6 Å². The van der Waals surface area contributed by atoms with Crippen molar-refractivity contribution in [3.63, 3.8) is 0 Å². The number of halogens is 2. The minimum absolute atomic E-state index is 0.0258. The first-order valence-electron chi connectivity index (χ1n) is 6.99. The Morgan fingerprint density at radius 2 is 1.88 bits per heavy atom. The fraction of sp³-hybridized carbons (Fsp3) is 0.0667. The molecule has 0 saturated heterocycles. The average Bonchev–Trinajstić information content (AvgIpc) is 2.89. The third-order valence-electron chi connectivity index (χ3n) is 3.28. The summed E-state index contributed by atoms with van der Waals surface area (Å²) in [5.74, 6) is 0.343. The summed E-state index contributed by atoms with van der Waals surface area (Å²) in [6.45, 7) is 1.75. The number of anilines is 1. The first-order chi connectivity index (χ1) is 11.8. The van der Waals surface area contributed by atoms with Crippen molar-refractivity contribution in [1.29, 1.82) is 0 Å². The third kappa shape index (κ3) is 3.71. The number of nitrogens with zero attached hydrogens (tertiary/aromatic N) is 2. The Bertz CT molecular complexity index is 1090. The molecular weight excluding hydrogens is 387 g/mol. The van der Waals surface area contributed by atoms with Crippen molar-refractivity contribution in [2.75, 3.05) is 4.72 Å². The zero-order chi connectivity index (χ0) is 18.2. The van der Waals surface area contributed by atoms with E-state index in [-0.39, 0.29) is 26.2 Å². The van der Waals surface area contributed by atoms with E-state index in [0.717, 1.165) is 0 Å². The molecule has 0 aliphatic heterocycles. The van der Waals surface area contributed by atoms with Crippen LogP contribution in [0.15, 0.2) is 52.3 Å². The number of hydrogen-bond donors (Lipinski definition) is 2. The highest BCUT2D eigenvalue weighted by Gasteiger charge is 2.16. The molecule has 0 spiro atoms. The molecule has 0 amide bonds. The van der Waals surface area contributed by atoms with Crippen molar-refractivity contribution < 1.29 is 8.42 Å². The first kappa shape index (κ1) is 17.5.